The van der Waals surface area contributed by atoms with E-state index in [4.69, 9.17) is 0 Å². The van der Waals surface area contributed by atoms with Gasteiger partial charge in [0.05, 0.1) is 17.9 Å². The van der Waals surface area contributed by atoms with Crippen molar-refractivity contribution >= 4 is 29.9 Å². The number of benzene rings is 1. The highest BCUT2D eigenvalue weighted by molar-refractivity contribution is 14.0. The van der Waals surface area contributed by atoms with Crippen molar-refractivity contribution in [3.05, 3.63) is 48.3 Å². The molecule has 0 amide bonds. The van der Waals surface area contributed by atoms with Gasteiger partial charge in [-0.2, -0.15) is 5.10 Å². The van der Waals surface area contributed by atoms with Crippen LogP contribution in [-0.4, -0.2) is 64.8 Å². The molecule has 1 N–H and O–H groups in total. The molecule has 1 aromatic carbocycles. The third kappa shape index (κ3) is 5.05. The summed E-state index contributed by atoms with van der Waals surface area (Å²) >= 11 is 0. The second kappa shape index (κ2) is 10.2. The van der Waals surface area contributed by atoms with Gasteiger partial charge in [0, 0.05) is 32.4 Å². The number of aromatic nitrogens is 2. The molecule has 0 spiro atoms. The van der Waals surface area contributed by atoms with Crippen LogP contribution in [0, 0.1) is 0 Å². The Morgan fingerprint density at radius 2 is 1.89 bits per heavy atom. The zero-order valence-electron chi connectivity index (χ0n) is 16.6. The first-order chi connectivity index (χ1) is 13.3. The molecular formula is C21H31IN6. The van der Waals surface area contributed by atoms with E-state index in [2.05, 4.69) is 43.4 Å². The molecule has 2 aromatic rings. The van der Waals surface area contributed by atoms with Crippen LogP contribution in [0.4, 0.5) is 0 Å². The van der Waals surface area contributed by atoms with Crippen LogP contribution in [0.25, 0.3) is 5.69 Å². The fourth-order valence-electron chi connectivity index (χ4n) is 4.20. The molecule has 2 saturated heterocycles. The number of hydrogen-bond acceptors (Lipinski definition) is 3. The van der Waals surface area contributed by atoms with Gasteiger partial charge in [-0.05, 0) is 50.6 Å². The Morgan fingerprint density at radius 1 is 1.11 bits per heavy atom. The Labute approximate surface area is 185 Å². The third-order valence-electron chi connectivity index (χ3n) is 5.67. The fourth-order valence-corrected chi connectivity index (χ4v) is 4.20. The number of halogens is 1. The fraction of sp³-hybridized carbons (Fsp3) is 0.524. The molecule has 4 rings (SSSR count). The van der Waals surface area contributed by atoms with Crippen LogP contribution in [0.15, 0.2) is 47.6 Å². The van der Waals surface area contributed by atoms with Crippen molar-refractivity contribution in [1.82, 2.24) is 24.9 Å². The average molecular weight is 494 g/mol. The van der Waals surface area contributed by atoms with Gasteiger partial charge in [0.15, 0.2) is 5.96 Å². The van der Waals surface area contributed by atoms with Crippen LogP contribution in [0.3, 0.4) is 0 Å². The number of guanidine groups is 1. The minimum Gasteiger partial charge on any atom is -0.351 e. The van der Waals surface area contributed by atoms with Crippen LogP contribution in [0.5, 0.6) is 0 Å². The van der Waals surface area contributed by atoms with E-state index in [0.29, 0.717) is 12.6 Å². The Morgan fingerprint density at radius 3 is 2.64 bits per heavy atom. The molecule has 1 aromatic heterocycles. The van der Waals surface area contributed by atoms with E-state index in [1.165, 1.54) is 38.8 Å². The second-order valence-corrected chi connectivity index (χ2v) is 7.47. The molecule has 0 saturated carbocycles. The predicted octanol–water partition coefficient (Wildman–Crippen LogP) is 3.13. The number of nitrogens with zero attached hydrogens (tertiary/aromatic N) is 5. The maximum absolute atomic E-state index is 4.67. The van der Waals surface area contributed by atoms with E-state index in [-0.39, 0.29) is 24.0 Å². The standard InChI is InChI=1S/C21H30N6.HI/c1-22-21(26-14-11-20(17-26)25-12-6-3-7-13-25)23-16-18-10-15-27(24-18)19-8-4-2-5-9-19;/h2,4-5,8-10,15,20H,3,6-7,11-14,16-17H2,1H3,(H,22,23);1H. The Hall–Kier alpha value is -1.61. The predicted molar refractivity (Wildman–Crippen MR) is 125 cm³/mol. The molecule has 2 aliphatic heterocycles. The lowest BCUT2D eigenvalue weighted by Gasteiger charge is -2.32. The molecular weight excluding hydrogens is 463 g/mol. The van der Waals surface area contributed by atoms with E-state index in [0.717, 1.165) is 30.4 Å². The summed E-state index contributed by atoms with van der Waals surface area (Å²) in [6.07, 6.45) is 7.35. The van der Waals surface area contributed by atoms with Crippen molar-refractivity contribution in [2.45, 2.75) is 38.3 Å². The second-order valence-electron chi connectivity index (χ2n) is 7.47. The average Bonchev–Trinajstić information content (AvgIpc) is 3.40. The van der Waals surface area contributed by atoms with Crippen molar-refractivity contribution in [2.75, 3.05) is 33.2 Å². The van der Waals surface area contributed by atoms with Gasteiger partial charge in [-0.25, -0.2) is 4.68 Å². The molecule has 6 nitrogen and oxygen atoms in total. The number of hydrogen-bond donors (Lipinski definition) is 1. The van der Waals surface area contributed by atoms with Crippen LogP contribution >= 0.6 is 24.0 Å². The highest BCUT2D eigenvalue weighted by Crippen LogP contribution is 2.20. The van der Waals surface area contributed by atoms with Crippen LogP contribution < -0.4 is 5.32 Å². The van der Waals surface area contributed by atoms with Crippen LogP contribution in [0.1, 0.15) is 31.4 Å². The van der Waals surface area contributed by atoms with Crippen molar-refractivity contribution < 1.29 is 0 Å². The van der Waals surface area contributed by atoms with Crippen molar-refractivity contribution in [3.8, 4) is 5.69 Å². The van der Waals surface area contributed by atoms with E-state index in [1.807, 2.05) is 36.1 Å². The summed E-state index contributed by atoms with van der Waals surface area (Å²) in [4.78, 5) is 9.58. The quantitative estimate of drug-likeness (QED) is 0.403. The monoisotopic (exact) mass is 494 g/mol. The molecule has 2 fully saturated rings. The summed E-state index contributed by atoms with van der Waals surface area (Å²) in [6, 6.07) is 13.0. The number of likely N-dealkylation sites (tertiary alicyclic amines) is 2. The molecule has 7 heteroatoms. The van der Waals surface area contributed by atoms with E-state index >= 15 is 0 Å². The Balaban J connectivity index is 0.00000225. The minimum absolute atomic E-state index is 0. The molecule has 0 radical (unpaired) electrons. The van der Waals surface area contributed by atoms with Crippen molar-refractivity contribution in [1.29, 1.82) is 0 Å². The maximum atomic E-state index is 4.67. The molecule has 152 valence electrons. The summed E-state index contributed by atoms with van der Waals surface area (Å²) in [5.41, 5.74) is 2.10. The van der Waals surface area contributed by atoms with Gasteiger partial charge in [-0.15, -0.1) is 24.0 Å². The first-order valence-electron chi connectivity index (χ1n) is 10.1. The number of piperidine rings is 1. The number of aliphatic imine (C=N–C) groups is 1. The lowest BCUT2D eigenvalue weighted by Crippen LogP contribution is -2.44. The number of rotatable bonds is 4. The highest BCUT2D eigenvalue weighted by Gasteiger charge is 2.29. The molecule has 0 aliphatic carbocycles. The van der Waals surface area contributed by atoms with Crippen molar-refractivity contribution in [2.24, 2.45) is 4.99 Å². The molecule has 28 heavy (non-hydrogen) atoms. The molecule has 3 heterocycles. The first kappa shape index (κ1) is 21.1. The van der Waals surface area contributed by atoms with Crippen LogP contribution in [-0.2, 0) is 6.54 Å². The summed E-state index contributed by atoms with van der Waals surface area (Å²) < 4.78 is 1.92. The normalized spacial score (nSPS) is 20.8. The highest BCUT2D eigenvalue weighted by atomic mass is 127. The van der Waals surface area contributed by atoms with Gasteiger partial charge in [0.25, 0.3) is 0 Å². The molecule has 2 aliphatic rings. The van der Waals surface area contributed by atoms with Crippen molar-refractivity contribution in [3.63, 3.8) is 0 Å². The van der Waals surface area contributed by atoms with Gasteiger partial charge in [0.1, 0.15) is 0 Å². The Kier molecular flexibility index (Phi) is 7.73. The van der Waals surface area contributed by atoms with Gasteiger partial charge in [0.2, 0.25) is 0 Å². The van der Waals surface area contributed by atoms with Crippen LogP contribution in [0.2, 0.25) is 0 Å². The molecule has 1 unspecified atom stereocenters. The molecule has 0 bridgehead atoms. The smallest absolute Gasteiger partial charge is 0.194 e. The van der Waals surface area contributed by atoms with Gasteiger partial charge < -0.3 is 10.2 Å². The Bertz CT molecular complexity index is 753. The summed E-state index contributed by atoms with van der Waals surface area (Å²) in [5.74, 6) is 0.990. The largest absolute Gasteiger partial charge is 0.351 e. The van der Waals surface area contributed by atoms with E-state index in [1.54, 1.807) is 0 Å². The zero-order valence-corrected chi connectivity index (χ0v) is 19.0. The SMILES string of the molecule is CN=C(NCc1ccn(-c2ccccc2)n1)N1CCC(N2CCCCC2)C1.I. The van der Waals surface area contributed by atoms with Gasteiger partial charge >= 0.3 is 0 Å². The lowest BCUT2D eigenvalue weighted by molar-refractivity contribution is 0.168. The minimum atomic E-state index is 0. The maximum Gasteiger partial charge on any atom is 0.194 e. The van der Waals surface area contributed by atoms with E-state index in [9.17, 15) is 0 Å². The third-order valence-corrected chi connectivity index (χ3v) is 5.67. The topological polar surface area (TPSA) is 48.7 Å². The lowest BCUT2D eigenvalue weighted by atomic mass is 10.1. The van der Waals surface area contributed by atoms with E-state index < -0.39 is 0 Å². The first-order valence-corrected chi connectivity index (χ1v) is 10.1. The summed E-state index contributed by atoms with van der Waals surface area (Å²) in [6.45, 7) is 5.39. The summed E-state index contributed by atoms with van der Waals surface area (Å²) in [5, 5.41) is 8.17. The zero-order chi connectivity index (χ0) is 18.5. The summed E-state index contributed by atoms with van der Waals surface area (Å²) in [7, 11) is 1.87. The molecule has 1 atom stereocenters. The van der Waals surface area contributed by atoms with Gasteiger partial charge in [-0.1, -0.05) is 24.6 Å². The number of para-hydroxylation sites is 1. The number of nitrogens with one attached hydrogen (secondary N) is 1. The van der Waals surface area contributed by atoms with Gasteiger partial charge in [-0.3, -0.25) is 9.89 Å².